The van der Waals surface area contributed by atoms with Crippen molar-refractivity contribution in [3.05, 3.63) is 81.7 Å². The summed E-state index contributed by atoms with van der Waals surface area (Å²) >= 11 is 0. The highest BCUT2D eigenvalue weighted by Gasteiger charge is 2.20. The fourth-order valence-corrected chi connectivity index (χ4v) is 4.52. The van der Waals surface area contributed by atoms with Crippen molar-refractivity contribution in [3.8, 4) is 28.8 Å². The van der Waals surface area contributed by atoms with Crippen LogP contribution < -0.4 is 20.3 Å². The van der Waals surface area contributed by atoms with Gasteiger partial charge in [-0.15, -0.1) is 0 Å². The van der Waals surface area contributed by atoms with Crippen molar-refractivity contribution >= 4 is 5.69 Å². The zero-order valence-electron chi connectivity index (χ0n) is 21.9. The molecule has 0 bridgehead atoms. The molecule has 10 heteroatoms. The Kier molecular flexibility index (Phi) is 9.65. The van der Waals surface area contributed by atoms with E-state index < -0.39 is 11.7 Å². The van der Waals surface area contributed by atoms with Crippen LogP contribution in [-0.2, 0) is 0 Å². The molecule has 3 heterocycles. The third-order valence-corrected chi connectivity index (χ3v) is 6.71. The topological polar surface area (TPSA) is 128 Å². The number of hydrogen-bond acceptors (Lipinski definition) is 8. The van der Waals surface area contributed by atoms with Crippen LogP contribution in [0.2, 0.25) is 0 Å². The van der Waals surface area contributed by atoms with E-state index in [-0.39, 0.29) is 12.2 Å². The third kappa shape index (κ3) is 7.65. The molecule has 1 fully saturated rings. The average Bonchev–Trinajstić information content (AvgIpc) is 2.96. The summed E-state index contributed by atoms with van der Waals surface area (Å²) in [7, 11) is 0. The smallest absolute Gasteiger partial charge is 0.266 e. The highest BCUT2D eigenvalue weighted by atomic mass is 16.5. The summed E-state index contributed by atoms with van der Waals surface area (Å²) in [4.78, 5) is 24.6. The quantitative estimate of drug-likeness (QED) is 0.324. The Morgan fingerprint density at radius 2 is 2.08 bits per heavy atom. The number of benzene rings is 1. The Balaban J connectivity index is 1.17. The van der Waals surface area contributed by atoms with E-state index in [2.05, 4.69) is 25.0 Å². The molecular weight excluding hydrogens is 496 g/mol. The molecule has 202 valence electrons. The number of hydrogen-bond donors (Lipinski definition) is 3. The SMILES string of the molecule is [C-]#[N+]c1ccccc1OC[C@@H](O)CNC1CCN(CCOc2cc(-c3cc(C#N)c(=O)[nH]c3C)ccn2)CC1. The predicted octanol–water partition coefficient (Wildman–Crippen LogP) is 3.04. The molecular formula is C29H32N6O4. The van der Waals surface area contributed by atoms with Crippen molar-refractivity contribution < 1.29 is 14.6 Å². The Bertz CT molecular complexity index is 1400. The van der Waals surface area contributed by atoms with Crippen LogP contribution in [0.3, 0.4) is 0 Å². The van der Waals surface area contributed by atoms with E-state index >= 15 is 0 Å². The lowest BCUT2D eigenvalue weighted by molar-refractivity contribution is 0.0975. The number of ether oxygens (including phenoxy) is 2. The summed E-state index contributed by atoms with van der Waals surface area (Å²) in [5, 5.41) is 22.9. The lowest BCUT2D eigenvalue weighted by Gasteiger charge is -2.32. The fourth-order valence-electron chi connectivity index (χ4n) is 4.52. The van der Waals surface area contributed by atoms with Gasteiger partial charge in [0.2, 0.25) is 11.6 Å². The van der Waals surface area contributed by atoms with Gasteiger partial charge in [0.15, 0.2) is 0 Å². The molecule has 1 saturated heterocycles. The maximum absolute atomic E-state index is 11.8. The number of rotatable bonds is 11. The lowest BCUT2D eigenvalue weighted by Crippen LogP contribution is -2.46. The van der Waals surface area contributed by atoms with Crippen LogP contribution in [0.1, 0.15) is 24.1 Å². The number of H-pyrrole nitrogens is 1. The first-order chi connectivity index (χ1) is 19.0. The van der Waals surface area contributed by atoms with Crippen molar-refractivity contribution in [2.24, 2.45) is 0 Å². The van der Waals surface area contributed by atoms with Crippen molar-refractivity contribution in [1.29, 1.82) is 5.26 Å². The number of aromatic nitrogens is 2. The van der Waals surface area contributed by atoms with Crippen LogP contribution >= 0.6 is 0 Å². The van der Waals surface area contributed by atoms with E-state index in [0.29, 0.717) is 42.2 Å². The Labute approximate surface area is 227 Å². The zero-order valence-corrected chi connectivity index (χ0v) is 21.9. The van der Waals surface area contributed by atoms with Gasteiger partial charge in [0, 0.05) is 42.7 Å². The minimum Gasteiger partial charge on any atom is -0.502 e. The predicted molar refractivity (Wildman–Crippen MR) is 147 cm³/mol. The van der Waals surface area contributed by atoms with Crippen molar-refractivity contribution in [2.75, 3.05) is 39.4 Å². The van der Waals surface area contributed by atoms with Gasteiger partial charge in [0.1, 0.15) is 36.7 Å². The van der Waals surface area contributed by atoms with E-state index in [1.165, 1.54) is 0 Å². The van der Waals surface area contributed by atoms with Gasteiger partial charge in [0.05, 0.1) is 6.57 Å². The number of aromatic amines is 1. The number of aryl methyl sites for hydroxylation is 1. The molecule has 0 aliphatic carbocycles. The third-order valence-electron chi connectivity index (χ3n) is 6.71. The summed E-state index contributed by atoms with van der Waals surface area (Å²) in [5.74, 6) is 0.979. The van der Waals surface area contributed by atoms with E-state index in [4.69, 9.17) is 16.0 Å². The summed E-state index contributed by atoms with van der Waals surface area (Å²) < 4.78 is 11.5. The molecule has 1 aliphatic heterocycles. The first-order valence-electron chi connectivity index (χ1n) is 12.9. The van der Waals surface area contributed by atoms with Gasteiger partial charge in [-0.3, -0.25) is 9.69 Å². The van der Waals surface area contributed by atoms with Crippen LogP contribution in [-0.4, -0.2) is 71.5 Å². The van der Waals surface area contributed by atoms with Gasteiger partial charge in [-0.25, -0.2) is 9.83 Å². The molecule has 3 aromatic rings. The number of pyridine rings is 2. The van der Waals surface area contributed by atoms with Crippen molar-refractivity contribution in [2.45, 2.75) is 31.9 Å². The van der Waals surface area contributed by atoms with Gasteiger partial charge in [-0.05, 0) is 56.6 Å². The molecule has 0 saturated carbocycles. The number of piperidine rings is 1. The van der Waals surface area contributed by atoms with Crippen molar-refractivity contribution in [1.82, 2.24) is 20.2 Å². The van der Waals surface area contributed by atoms with Gasteiger partial charge in [-0.2, -0.15) is 5.26 Å². The first kappa shape index (κ1) is 27.8. The number of likely N-dealkylation sites (tertiary alicyclic amines) is 1. The zero-order chi connectivity index (χ0) is 27.6. The van der Waals surface area contributed by atoms with Gasteiger partial charge in [0.25, 0.3) is 5.56 Å². The Morgan fingerprint density at radius 3 is 2.85 bits per heavy atom. The lowest BCUT2D eigenvalue weighted by atomic mass is 10.0. The fraction of sp³-hybridized carbons (Fsp3) is 0.379. The Hall–Kier alpha value is -4.22. The number of aliphatic hydroxyl groups is 1. The van der Waals surface area contributed by atoms with Gasteiger partial charge >= 0.3 is 0 Å². The molecule has 0 amide bonds. The van der Waals surface area contributed by atoms with E-state index in [0.717, 1.165) is 43.6 Å². The highest BCUT2D eigenvalue weighted by molar-refractivity contribution is 5.67. The van der Waals surface area contributed by atoms with E-state index in [1.807, 2.05) is 24.3 Å². The molecule has 39 heavy (non-hydrogen) atoms. The summed E-state index contributed by atoms with van der Waals surface area (Å²) in [6.07, 6.45) is 2.93. The molecule has 4 rings (SSSR count). The summed E-state index contributed by atoms with van der Waals surface area (Å²) in [5.41, 5.74) is 2.37. The molecule has 0 unspecified atom stereocenters. The molecule has 0 spiro atoms. The second kappa shape index (κ2) is 13.5. The molecule has 1 atom stereocenters. The number of aliphatic hydroxyl groups excluding tert-OH is 1. The van der Waals surface area contributed by atoms with Crippen molar-refractivity contribution in [3.63, 3.8) is 0 Å². The monoisotopic (exact) mass is 528 g/mol. The Morgan fingerprint density at radius 1 is 1.28 bits per heavy atom. The van der Waals surface area contributed by atoms with Crippen LogP contribution in [0.25, 0.3) is 16.0 Å². The standard InChI is InChI=1S/C29H32N6O4/c1-20-25(15-22(17-30)29(37)34-20)21-7-10-32-28(16-21)38-14-13-35-11-8-23(9-12-35)33-18-24(36)19-39-27-6-4-3-5-26(27)31-2/h3-7,10,15-16,23-24,33,36H,8-9,11-14,18-19H2,1H3,(H,34,37)/t24-/m0/s1. The van der Waals surface area contributed by atoms with Crippen LogP contribution in [0.4, 0.5) is 5.69 Å². The minimum absolute atomic E-state index is 0.0676. The molecule has 1 aromatic carbocycles. The number of nitrogens with one attached hydrogen (secondary N) is 2. The molecule has 0 radical (unpaired) electrons. The van der Waals surface area contributed by atoms with Crippen LogP contribution in [0.5, 0.6) is 11.6 Å². The molecule has 1 aliphatic rings. The van der Waals surface area contributed by atoms with Gasteiger partial charge < -0.3 is 24.9 Å². The summed E-state index contributed by atoms with van der Waals surface area (Å²) in [6, 6.07) is 14.5. The largest absolute Gasteiger partial charge is 0.502 e. The van der Waals surface area contributed by atoms with E-state index in [9.17, 15) is 15.2 Å². The maximum Gasteiger partial charge on any atom is 0.266 e. The average molecular weight is 529 g/mol. The van der Waals surface area contributed by atoms with Gasteiger partial charge in [-0.1, -0.05) is 18.2 Å². The number of para-hydroxylation sites is 2. The van der Waals surface area contributed by atoms with E-state index in [1.54, 1.807) is 37.4 Å². The van der Waals surface area contributed by atoms with Crippen LogP contribution in [0.15, 0.2) is 53.5 Å². The summed E-state index contributed by atoms with van der Waals surface area (Å²) in [6.45, 7) is 12.7. The number of nitriles is 1. The highest BCUT2D eigenvalue weighted by Crippen LogP contribution is 2.27. The maximum atomic E-state index is 11.8. The second-order valence-electron chi connectivity index (χ2n) is 9.46. The molecule has 3 N–H and O–H groups in total. The second-order valence-corrected chi connectivity index (χ2v) is 9.46. The molecule has 10 nitrogen and oxygen atoms in total. The van der Waals surface area contributed by atoms with Crippen LogP contribution in [0, 0.1) is 24.8 Å². The molecule has 2 aromatic heterocycles. The first-order valence-corrected chi connectivity index (χ1v) is 12.9. The number of nitrogens with zero attached hydrogens (tertiary/aromatic N) is 4. The minimum atomic E-state index is -0.662. The normalized spacial score (nSPS) is 14.8.